The molecule has 0 aromatic heterocycles. The van der Waals surface area contributed by atoms with E-state index in [1.54, 1.807) is 11.8 Å². The van der Waals surface area contributed by atoms with Crippen LogP contribution in [0.2, 0.25) is 0 Å². The second-order valence-electron chi connectivity index (χ2n) is 7.84. The Morgan fingerprint density at radius 3 is 2.30 bits per heavy atom. The van der Waals surface area contributed by atoms with Crippen LogP contribution in [0.5, 0.6) is 0 Å². The number of rotatable bonds is 5. The predicted molar refractivity (Wildman–Crippen MR) is 111 cm³/mol. The smallest absolute Gasteiger partial charge is 0.309 e. The highest BCUT2D eigenvalue weighted by atomic mass is 19.1. The second-order valence-corrected chi connectivity index (χ2v) is 7.84. The van der Waals surface area contributed by atoms with Crippen molar-refractivity contribution in [2.24, 2.45) is 5.92 Å². The fourth-order valence-electron chi connectivity index (χ4n) is 3.64. The summed E-state index contributed by atoms with van der Waals surface area (Å²) >= 11 is 0. The summed E-state index contributed by atoms with van der Waals surface area (Å²) in [5.74, 6) is -1.54. The van der Waals surface area contributed by atoms with Gasteiger partial charge in [0.05, 0.1) is 5.92 Å². The van der Waals surface area contributed by atoms with Crippen molar-refractivity contribution in [3.63, 3.8) is 0 Å². The summed E-state index contributed by atoms with van der Waals surface area (Å²) in [6, 6.07) is 11.0. The molecule has 2 aromatic carbocycles. The number of aryl methyl sites for hydroxylation is 2. The highest BCUT2D eigenvalue weighted by Gasteiger charge is 2.31. The van der Waals surface area contributed by atoms with Crippen LogP contribution in [0.1, 0.15) is 51.6 Å². The Balaban J connectivity index is 1.54. The first-order chi connectivity index (χ1) is 14.3. The summed E-state index contributed by atoms with van der Waals surface area (Å²) in [5.41, 5.74) is 2.81. The number of hydrogen-bond acceptors (Lipinski definition) is 4. The molecule has 1 atom stereocenters. The Morgan fingerprint density at radius 1 is 1.03 bits per heavy atom. The molecule has 0 spiro atoms. The minimum Gasteiger partial charge on any atom is -0.454 e. The summed E-state index contributed by atoms with van der Waals surface area (Å²) in [5, 5.41) is 0. The van der Waals surface area contributed by atoms with Gasteiger partial charge in [-0.1, -0.05) is 17.7 Å². The summed E-state index contributed by atoms with van der Waals surface area (Å²) < 4.78 is 18.5. The van der Waals surface area contributed by atoms with Gasteiger partial charge < -0.3 is 9.64 Å². The third kappa shape index (κ3) is 4.93. The highest BCUT2D eigenvalue weighted by Crippen LogP contribution is 2.22. The fraction of sp³-hybridized carbons (Fsp3) is 0.375. The van der Waals surface area contributed by atoms with E-state index >= 15 is 0 Å². The van der Waals surface area contributed by atoms with Crippen LogP contribution in [0.3, 0.4) is 0 Å². The van der Waals surface area contributed by atoms with Crippen molar-refractivity contribution in [3.8, 4) is 0 Å². The van der Waals surface area contributed by atoms with E-state index in [4.69, 9.17) is 4.74 Å². The number of ketones is 1. The van der Waals surface area contributed by atoms with Crippen molar-refractivity contribution in [3.05, 3.63) is 70.5 Å². The lowest BCUT2D eigenvalue weighted by molar-refractivity contribution is -0.152. The molecule has 0 unspecified atom stereocenters. The molecule has 6 heteroatoms. The van der Waals surface area contributed by atoms with Crippen molar-refractivity contribution >= 4 is 17.7 Å². The third-order valence-electron chi connectivity index (χ3n) is 5.53. The molecule has 1 aliphatic rings. The summed E-state index contributed by atoms with van der Waals surface area (Å²) in [7, 11) is 0. The van der Waals surface area contributed by atoms with Crippen molar-refractivity contribution in [2.75, 3.05) is 13.1 Å². The fourth-order valence-corrected chi connectivity index (χ4v) is 3.64. The Labute approximate surface area is 175 Å². The number of piperidine rings is 1. The molecule has 1 saturated heterocycles. The number of amides is 1. The van der Waals surface area contributed by atoms with E-state index in [9.17, 15) is 18.8 Å². The van der Waals surface area contributed by atoms with E-state index < -0.39 is 17.9 Å². The van der Waals surface area contributed by atoms with E-state index in [0.29, 0.717) is 37.1 Å². The number of hydrogen-bond donors (Lipinski definition) is 0. The third-order valence-corrected chi connectivity index (χ3v) is 5.53. The van der Waals surface area contributed by atoms with Gasteiger partial charge in [0.1, 0.15) is 5.82 Å². The number of carbonyl (C=O) groups is 3. The van der Waals surface area contributed by atoms with Gasteiger partial charge in [0.15, 0.2) is 6.10 Å². The largest absolute Gasteiger partial charge is 0.454 e. The maximum Gasteiger partial charge on any atom is 0.309 e. The molecule has 0 aliphatic carbocycles. The summed E-state index contributed by atoms with van der Waals surface area (Å²) in [6.45, 7) is 6.18. The standard InChI is InChI=1S/C24H26FNO4/c1-15-4-5-16(2)21(14-15)22(27)17(3)30-24(29)19-10-12-26(13-11-19)23(28)18-6-8-20(25)9-7-18/h4-9,14,17,19H,10-13H2,1-3H3/t17-/m1/s1. The molecular formula is C24H26FNO4. The summed E-state index contributed by atoms with van der Waals surface area (Å²) in [4.78, 5) is 39.4. The zero-order valence-corrected chi connectivity index (χ0v) is 17.5. The number of benzene rings is 2. The minimum atomic E-state index is -0.864. The van der Waals surface area contributed by atoms with Crippen molar-refractivity contribution in [1.82, 2.24) is 4.90 Å². The molecule has 0 N–H and O–H groups in total. The lowest BCUT2D eigenvalue weighted by Crippen LogP contribution is -2.41. The Hall–Kier alpha value is -3.02. The maximum absolute atomic E-state index is 13.0. The lowest BCUT2D eigenvalue weighted by atomic mass is 9.96. The maximum atomic E-state index is 13.0. The number of esters is 1. The van der Waals surface area contributed by atoms with Crippen LogP contribution >= 0.6 is 0 Å². The molecule has 1 fully saturated rings. The van der Waals surface area contributed by atoms with Crippen LogP contribution in [-0.4, -0.2) is 41.8 Å². The quantitative estimate of drug-likeness (QED) is 0.549. The molecule has 30 heavy (non-hydrogen) atoms. The normalized spacial score (nSPS) is 15.5. The predicted octanol–water partition coefficient (Wildman–Crippen LogP) is 4.11. The van der Waals surface area contributed by atoms with Crippen molar-refractivity contribution in [2.45, 2.75) is 39.7 Å². The Kier molecular flexibility index (Phi) is 6.65. The zero-order chi connectivity index (χ0) is 21.8. The number of ether oxygens (including phenoxy) is 1. The van der Waals surface area contributed by atoms with E-state index in [-0.39, 0.29) is 17.6 Å². The van der Waals surface area contributed by atoms with E-state index in [0.717, 1.165) is 11.1 Å². The van der Waals surface area contributed by atoms with Gasteiger partial charge in [0.25, 0.3) is 5.91 Å². The molecular weight excluding hydrogens is 385 g/mol. The number of Topliss-reactive ketones (excluding diaryl/α,β-unsaturated/α-hetero) is 1. The number of likely N-dealkylation sites (tertiary alicyclic amines) is 1. The van der Waals surface area contributed by atoms with Crippen LogP contribution in [-0.2, 0) is 9.53 Å². The number of nitrogens with zero attached hydrogens (tertiary/aromatic N) is 1. The molecule has 0 saturated carbocycles. The van der Waals surface area contributed by atoms with Gasteiger partial charge in [-0.05, 0) is 69.5 Å². The molecule has 0 radical (unpaired) electrons. The molecule has 158 valence electrons. The molecule has 5 nitrogen and oxygen atoms in total. The van der Waals surface area contributed by atoms with Crippen LogP contribution in [0, 0.1) is 25.6 Å². The average molecular weight is 411 g/mol. The monoisotopic (exact) mass is 411 g/mol. The molecule has 2 aromatic rings. The topological polar surface area (TPSA) is 63.7 Å². The molecule has 0 bridgehead atoms. The van der Waals surface area contributed by atoms with Gasteiger partial charge in [-0.3, -0.25) is 14.4 Å². The second kappa shape index (κ2) is 9.20. The van der Waals surface area contributed by atoms with Crippen molar-refractivity contribution in [1.29, 1.82) is 0 Å². The van der Waals surface area contributed by atoms with Gasteiger partial charge in [0.2, 0.25) is 5.78 Å². The first-order valence-corrected chi connectivity index (χ1v) is 10.1. The van der Waals surface area contributed by atoms with E-state index in [1.165, 1.54) is 24.3 Å². The molecule has 1 heterocycles. The van der Waals surface area contributed by atoms with Gasteiger partial charge in [-0.15, -0.1) is 0 Å². The van der Waals surface area contributed by atoms with Gasteiger partial charge in [0, 0.05) is 24.2 Å². The zero-order valence-electron chi connectivity index (χ0n) is 17.5. The van der Waals surface area contributed by atoms with Crippen LogP contribution in [0.15, 0.2) is 42.5 Å². The highest BCUT2D eigenvalue weighted by molar-refractivity contribution is 6.01. The summed E-state index contributed by atoms with van der Waals surface area (Å²) in [6.07, 6.45) is 0.0728. The van der Waals surface area contributed by atoms with Gasteiger partial charge >= 0.3 is 5.97 Å². The van der Waals surface area contributed by atoms with Crippen LogP contribution < -0.4 is 0 Å². The molecule has 1 aliphatic heterocycles. The Bertz CT molecular complexity index is 946. The lowest BCUT2D eigenvalue weighted by Gasteiger charge is -2.31. The molecule has 3 rings (SSSR count). The average Bonchev–Trinajstić information content (AvgIpc) is 2.75. The van der Waals surface area contributed by atoms with Crippen LogP contribution in [0.4, 0.5) is 4.39 Å². The van der Waals surface area contributed by atoms with Crippen molar-refractivity contribution < 1.29 is 23.5 Å². The van der Waals surface area contributed by atoms with Gasteiger partial charge in [-0.2, -0.15) is 0 Å². The van der Waals surface area contributed by atoms with E-state index in [2.05, 4.69) is 0 Å². The van der Waals surface area contributed by atoms with E-state index in [1.807, 2.05) is 32.0 Å². The first-order valence-electron chi connectivity index (χ1n) is 10.1. The van der Waals surface area contributed by atoms with Gasteiger partial charge in [-0.25, -0.2) is 4.39 Å². The molecule has 1 amide bonds. The SMILES string of the molecule is Cc1ccc(C)c(C(=O)[C@@H](C)OC(=O)C2CCN(C(=O)c3ccc(F)cc3)CC2)c1. The number of carbonyl (C=O) groups excluding carboxylic acids is 3. The first kappa shape index (κ1) is 21.7. The minimum absolute atomic E-state index is 0.180. The number of halogens is 1. The Morgan fingerprint density at radius 2 is 1.67 bits per heavy atom. The van der Waals surface area contributed by atoms with Crippen LogP contribution in [0.25, 0.3) is 0 Å².